The minimum absolute atomic E-state index is 0.148. The molecule has 2 bridgehead atoms. The van der Waals surface area contributed by atoms with Crippen LogP contribution in [-0.4, -0.2) is 41.3 Å². The fourth-order valence-corrected chi connectivity index (χ4v) is 4.75. The van der Waals surface area contributed by atoms with Crippen LogP contribution in [0.5, 0.6) is 0 Å². The van der Waals surface area contributed by atoms with Gasteiger partial charge < -0.3 is 19.8 Å². The van der Waals surface area contributed by atoms with Crippen LogP contribution in [-0.2, 0) is 9.47 Å². The molecular weight excluding hydrogens is 318 g/mol. The van der Waals surface area contributed by atoms with E-state index < -0.39 is 0 Å². The summed E-state index contributed by atoms with van der Waals surface area (Å²) in [5, 5.41) is 4.64. The number of pyridine rings is 1. The first-order valence-corrected chi connectivity index (χ1v) is 9.29. The summed E-state index contributed by atoms with van der Waals surface area (Å²) in [5.41, 5.74) is 2.20. The molecule has 132 valence electrons. The lowest BCUT2D eigenvalue weighted by Crippen LogP contribution is -2.27. The molecule has 1 aliphatic heterocycles. The molecule has 3 heterocycles. The van der Waals surface area contributed by atoms with Gasteiger partial charge in [-0.2, -0.15) is 0 Å². The maximum atomic E-state index is 12.8. The molecule has 2 saturated carbocycles. The highest BCUT2D eigenvalue weighted by Crippen LogP contribution is 2.46. The van der Waals surface area contributed by atoms with Crippen molar-refractivity contribution in [3.05, 3.63) is 24.0 Å². The Hall–Kier alpha value is -2.08. The van der Waals surface area contributed by atoms with E-state index in [0.717, 1.165) is 35.0 Å². The molecule has 0 spiro atoms. The first kappa shape index (κ1) is 15.2. The molecule has 2 N–H and O–H groups in total. The van der Waals surface area contributed by atoms with E-state index >= 15 is 0 Å². The summed E-state index contributed by atoms with van der Waals surface area (Å²) >= 11 is 0. The van der Waals surface area contributed by atoms with Crippen LogP contribution in [0.15, 0.2) is 18.5 Å². The van der Waals surface area contributed by atoms with Crippen molar-refractivity contribution >= 4 is 22.7 Å². The molecule has 0 radical (unpaired) electrons. The number of aromatic amines is 1. The number of hydrogen-bond donors (Lipinski definition) is 2. The van der Waals surface area contributed by atoms with Crippen LogP contribution in [0.2, 0.25) is 0 Å². The van der Waals surface area contributed by atoms with E-state index in [1.807, 2.05) is 12.3 Å². The maximum Gasteiger partial charge on any atom is 0.342 e. The van der Waals surface area contributed by atoms with Crippen molar-refractivity contribution in [2.75, 3.05) is 18.5 Å². The van der Waals surface area contributed by atoms with Crippen molar-refractivity contribution in [2.24, 2.45) is 11.8 Å². The molecule has 0 amide bonds. The van der Waals surface area contributed by atoms with Crippen LogP contribution in [0.3, 0.4) is 0 Å². The van der Waals surface area contributed by atoms with Crippen LogP contribution >= 0.6 is 0 Å². The second-order valence-corrected chi connectivity index (χ2v) is 7.60. The molecule has 25 heavy (non-hydrogen) atoms. The summed E-state index contributed by atoms with van der Waals surface area (Å²) in [5.74, 6) is 1.26. The predicted octanol–water partition coefficient (Wildman–Crippen LogP) is 3.11. The number of carbonyl (C=O) groups is 1. The zero-order chi connectivity index (χ0) is 16.8. The summed E-state index contributed by atoms with van der Waals surface area (Å²) in [7, 11) is 0. The Morgan fingerprint density at radius 2 is 2.28 bits per heavy atom. The summed E-state index contributed by atoms with van der Waals surface area (Å²) in [6.45, 7) is 1.14. The Morgan fingerprint density at radius 1 is 1.32 bits per heavy atom. The number of rotatable bonds is 4. The third-order valence-corrected chi connectivity index (χ3v) is 6.04. The molecule has 3 aliphatic rings. The Morgan fingerprint density at radius 3 is 3.04 bits per heavy atom. The smallest absolute Gasteiger partial charge is 0.342 e. The second kappa shape index (κ2) is 6.02. The number of H-pyrrole nitrogens is 1. The summed E-state index contributed by atoms with van der Waals surface area (Å²) in [6.07, 6.45) is 9.28. The van der Waals surface area contributed by atoms with Gasteiger partial charge in [-0.25, -0.2) is 9.78 Å². The number of fused-ring (bicyclic) bond motifs is 3. The first-order valence-electron chi connectivity index (χ1n) is 9.29. The Labute approximate surface area is 146 Å². The number of esters is 1. The third kappa shape index (κ3) is 2.68. The van der Waals surface area contributed by atoms with Gasteiger partial charge in [0, 0.05) is 30.2 Å². The minimum atomic E-state index is -0.309. The molecule has 1 saturated heterocycles. The van der Waals surface area contributed by atoms with Gasteiger partial charge in [-0.3, -0.25) is 0 Å². The number of nitrogens with one attached hydrogen (secondary N) is 2. The molecule has 3 fully saturated rings. The van der Waals surface area contributed by atoms with E-state index in [4.69, 9.17) is 9.47 Å². The van der Waals surface area contributed by atoms with Gasteiger partial charge in [-0.15, -0.1) is 0 Å². The molecular formula is C19H23N3O3. The average Bonchev–Trinajstić information content (AvgIpc) is 3.39. The highest BCUT2D eigenvalue weighted by atomic mass is 16.6. The molecule has 2 aromatic rings. The summed E-state index contributed by atoms with van der Waals surface area (Å²) < 4.78 is 10.9. The molecule has 2 aliphatic carbocycles. The van der Waals surface area contributed by atoms with Crippen molar-refractivity contribution in [1.29, 1.82) is 0 Å². The molecule has 0 aromatic carbocycles. The Kier molecular flexibility index (Phi) is 3.66. The van der Waals surface area contributed by atoms with Gasteiger partial charge in [0.05, 0.1) is 18.9 Å². The number of hydrogen-bond acceptors (Lipinski definition) is 5. The van der Waals surface area contributed by atoms with E-state index in [1.165, 1.54) is 25.7 Å². The topological polar surface area (TPSA) is 76.2 Å². The lowest BCUT2D eigenvalue weighted by Gasteiger charge is -2.25. The Balaban J connectivity index is 1.46. The summed E-state index contributed by atoms with van der Waals surface area (Å²) in [4.78, 5) is 20.3. The van der Waals surface area contributed by atoms with E-state index in [-0.39, 0.29) is 12.1 Å². The SMILES string of the molecule is O=C(O[C@H]1CCOC1)c1cnc2[nH]ccc2c1N[C@H]1C[C@@H]2CC[C@H]1C2. The van der Waals surface area contributed by atoms with Crippen LogP contribution in [0.4, 0.5) is 5.69 Å². The van der Waals surface area contributed by atoms with Crippen LogP contribution in [0.1, 0.15) is 42.5 Å². The summed E-state index contributed by atoms with van der Waals surface area (Å²) in [6, 6.07) is 2.42. The zero-order valence-corrected chi connectivity index (χ0v) is 14.2. The molecule has 0 unspecified atom stereocenters. The number of ether oxygens (including phenoxy) is 2. The number of anilines is 1. The van der Waals surface area contributed by atoms with Gasteiger partial charge in [-0.1, -0.05) is 6.42 Å². The minimum Gasteiger partial charge on any atom is -0.456 e. The molecule has 2 aromatic heterocycles. The third-order valence-electron chi connectivity index (χ3n) is 6.04. The highest BCUT2D eigenvalue weighted by Gasteiger charge is 2.40. The monoisotopic (exact) mass is 341 g/mol. The average molecular weight is 341 g/mol. The van der Waals surface area contributed by atoms with Crippen molar-refractivity contribution in [1.82, 2.24) is 9.97 Å². The quantitative estimate of drug-likeness (QED) is 0.836. The van der Waals surface area contributed by atoms with Crippen molar-refractivity contribution in [2.45, 2.75) is 44.2 Å². The fourth-order valence-electron chi connectivity index (χ4n) is 4.75. The number of aromatic nitrogens is 2. The lowest BCUT2D eigenvalue weighted by atomic mass is 9.94. The molecule has 5 rings (SSSR count). The van der Waals surface area contributed by atoms with Crippen LogP contribution < -0.4 is 5.32 Å². The van der Waals surface area contributed by atoms with E-state index in [0.29, 0.717) is 24.8 Å². The molecule has 6 heteroatoms. The van der Waals surface area contributed by atoms with Crippen molar-refractivity contribution in [3.8, 4) is 0 Å². The van der Waals surface area contributed by atoms with Gasteiger partial charge >= 0.3 is 5.97 Å². The lowest BCUT2D eigenvalue weighted by molar-refractivity contribution is 0.0271. The van der Waals surface area contributed by atoms with Crippen molar-refractivity contribution < 1.29 is 14.3 Å². The van der Waals surface area contributed by atoms with E-state index in [2.05, 4.69) is 15.3 Å². The zero-order valence-electron chi connectivity index (χ0n) is 14.2. The van der Waals surface area contributed by atoms with Crippen molar-refractivity contribution in [3.63, 3.8) is 0 Å². The van der Waals surface area contributed by atoms with Gasteiger partial charge in [0.2, 0.25) is 0 Å². The second-order valence-electron chi connectivity index (χ2n) is 7.60. The number of nitrogens with zero attached hydrogens (tertiary/aromatic N) is 1. The van der Waals surface area contributed by atoms with Gasteiger partial charge in [-0.05, 0) is 37.2 Å². The fraction of sp³-hybridized carbons (Fsp3) is 0.579. The largest absolute Gasteiger partial charge is 0.456 e. The van der Waals surface area contributed by atoms with Crippen LogP contribution in [0.25, 0.3) is 11.0 Å². The van der Waals surface area contributed by atoms with Crippen LogP contribution in [0, 0.1) is 11.8 Å². The van der Waals surface area contributed by atoms with Gasteiger partial charge in [0.25, 0.3) is 0 Å². The van der Waals surface area contributed by atoms with Gasteiger partial charge in [0.15, 0.2) is 0 Å². The standard InChI is InChI=1S/C19H23N3O3/c23-19(25-13-4-6-24-10-13)15-9-21-18-14(3-5-20-18)17(15)22-16-8-11-1-2-12(16)7-11/h3,5,9,11-13,16H,1-2,4,6-8,10H2,(H2,20,21,22)/t11-,12+,13+,16+/m1/s1. The number of carbonyl (C=O) groups excluding carboxylic acids is 1. The highest BCUT2D eigenvalue weighted by molar-refractivity contribution is 6.04. The first-order chi connectivity index (χ1) is 12.3. The molecule has 6 nitrogen and oxygen atoms in total. The van der Waals surface area contributed by atoms with E-state index in [1.54, 1.807) is 6.20 Å². The Bertz CT molecular complexity index is 796. The van der Waals surface area contributed by atoms with E-state index in [9.17, 15) is 4.79 Å². The van der Waals surface area contributed by atoms with Gasteiger partial charge in [0.1, 0.15) is 17.3 Å². The molecule has 4 atom stereocenters. The maximum absolute atomic E-state index is 12.8. The normalized spacial score (nSPS) is 30.9. The predicted molar refractivity (Wildman–Crippen MR) is 93.6 cm³/mol.